The summed E-state index contributed by atoms with van der Waals surface area (Å²) in [5, 5.41) is 12.1. The van der Waals surface area contributed by atoms with Crippen molar-refractivity contribution in [2.45, 2.75) is 32.9 Å². The molecule has 2 aromatic heterocycles. The van der Waals surface area contributed by atoms with E-state index in [2.05, 4.69) is 51.1 Å². The summed E-state index contributed by atoms with van der Waals surface area (Å²) in [5.41, 5.74) is -0.126. The summed E-state index contributed by atoms with van der Waals surface area (Å²) in [6, 6.07) is 3.18. The Morgan fingerprint density at radius 3 is 2.48 bits per heavy atom. The zero-order valence-corrected chi connectivity index (χ0v) is 13.8. The lowest BCUT2D eigenvalue weighted by Crippen LogP contribution is -2.46. The lowest BCUT2D eigenvalue weighted by Gasteiger charge is -2.35. The number of tetrazole rings is 1. The van der Waals surface area contributed by atoms with Crippen LogP contribution >= 0.6 is 0 Å². The second-order valence-electron chi connectivity index (χ2n) is 6.78. The average molecular weight is 319 g/mol. The number of aromatic nitrogens is 5. The van der Waals surface area contributed by atoms with Crippen LogP contribution in [0, 0.1) is 5.82 Å². The van der Waals surface area contributed by atoms with E-state index in [0.29, 0.717) is 0 Å². The van der Waals surface area contributed by atoms with Crippen molar-refractivity contribution in [1.82, 2.24) is 30.1 Å². The molecule has 0 saturated carbocycles. The van der Waals surface area contributed by atoms with E-state index in [1.165, 1.54) is 12.3 Å². The van der Waals surface area contributed by atoms with Crippen LogP contribution in [0.25, 0.3) is 0 Å². The maximum atomic E-state index is 13.0. The Kier molecular flexibility index (Phi) is 4.25. The highest BCUT2D eigenvalue weighted by Gasteiger charge is 2.23. The van der Waals surface area contributed by atoms with Gasteiger partial charge in [-0.2, -0.15) is 0 Å². The molecule has 0 aromatic carbocycles. The Bertz CT molecular complexity index is 639. The van der Waals surface area contributed by atoms with E-state index in [4.69, 9.17) is 0 Å². The third-order valence-corrected chi connectivity index (χ3v) is 3.94. The molecule has 1 fully saturated rings. The second-order valence-corrected chi connectivity index (χ2v) is 6.78. The number of halogens is 1. The minimum absolute atomic E-state index is 0.126. The standard InChI is InChI=1S/C15H22FN7/c1-15(2,3)23-14(18-19-20-23)11-21-6-8-22(9-7-21)13-5-4-12(16)10-17-13/h4-5,10H,6-9,11H2,1-3H3. The maximum absolute atomic E-state index is 13.0. The lowest BCUT2D eigenvalue weighted by molar-refractivity contribution is 0.227. The van der Waals surface area contributed by atoms with Crippen LogP contribution in [0.4, 0.5) is 10.2 Å². The van der Waals surface area contributed by atoms with Crippen molar-refractivity contribution >= 4 is 5.82 Å². The van der Waals surface area contributed by atoms with Gasteiger partial charge in [0.25, 0.3) is 0 Å². The molecule has 1 aliphatic rings. The molecule has 0 unspecified atom stereocenters. The van der Waals surface area contributed by atoms with Gasteiger partial charge in [-0.05, 0) is 43.3 Å². The first-order valence-corrected chi connectivity index (χ1v) is 7.80. The lowest BCUT2D eigenvalue weighted by atomic mass is 10.1. The molecule has 3 heterocycles. The Morgan fingerprint density at radius 2 is 1.87 bits per heavy atom. The van der Waals surface area contributed by atoms with Gasteiger partial charge in [-0.15, -0.1) is 5.10 Å². The smallest absolute Gasteiger partial charge is 0.165 e. The molecule has 8 heteroatoms. The number of pyridine rings is 1. The van der Waals surface area contributed by atoms with Crippen LogP contribution in [-0.2, 0) is 12.1 Å². The minimum atomic E-state index is -0.304. The van der Waals surface area contributed by atoms with Crippen LogP contribution in [0.5, 0.6) is 0 Å². The Balaban J connectivity index is 1.60. The highest BCUT2D eigenvalue weighted by atomic mass is 19.1. The minimum Gasteiger partial charge on any atom is -0.354 e. The number of rotatable bonds is 3. The molecule has 0 N–H and O–H groups in total. The monoisotopic (exact) mass is 319 g/mol. The average Bonchev–Trinajstić information content (AvgIpc) is 2.97. The van der Waals surface area contributed by atoms with Gasteiger partial charge in [0.1, 0.15) is 11.6 Å². The SMILES string of the molecule is CC(C)(C)n1nnnc1CN1CCN(c2ccc(F)cn2)CC1. The third-order valence-electron chi connectivity index (χ3n) is 3.94. The molecule has 0 bridgehead atoms. The van der Waals surface area contributed by atoms with Gasteiger partial charge in [0.15, 0.2) is 5.82 Å². The molecular formula is C15H22FN7. The highest BCUT2D eigenvalue weighted by molar-refractivity contribution is 5.38. The summed E-state index contributed by atoms with van der Waals surface area (Å²) in [7, 11) is 0. The quantitative estimate of drug-likeness (QED) is 0.849. The molecular weight excluding hydrogens is 297 g/mol. The van der Waals surface area contributed by atoms with E-state index in [0.717, 1.165) is 44.4 Å². The summed E-state index contributed by atoms with van der Waals surface area (Å²) in [4.78, 5) is 8.64. The fourth-order valence-electron chi connectivity index (χ4n) is 2.72. The van der Waals surface area contributed by atoms with Crippen LogP contribution in [0.15, 0.2) is 18.3 Å². The van der Waals surface area contributed by atoms with Crippen molar-refractivity contribution < 1.29 is 4.39 Å². The van der Waals surface area contributed by atoms with Crippen molar-refractivity contribution in [2.24, 2.45) is 0 Å². The number of nitrogens with zero attached hydrogens (tertiary/aromatic N) is 7. The van der Waals surface area contributed by atoms with Gasteiger partial charge in [-0.25, -0.2) is 14.1 Å². The van der Waals surface area contributed by atoms with E-state index < -0.39 is 0 Å². The van der Waals surface area contributed by atoms with Crippen molar-refractivity contribution in [2.75, 3.05) is 31.1 Å². The molecule has 0 atom stereocenters. The van der Waals surface area contributed by atoms with Crippen LogP contribution < -0.4 is 4.90 Å². The van der Waals surface area contributed by atoms with Crippen LogP contribution in [-0.4, -0.2) is 56.3 Å². The highest BCUT2D eigenvalue weighted by Crippen LogP contribution is 2.17. The van der Waals surface area contributed by atoms with E-state index in [9.17, 15) is 4.39 Å². The summed E-state index contributed by atoms with van der Waals surface area (Å²) >= 11 is 0. The molecule has 7 nitrogen and oxygen atoms in total. The molecule has 0 amide bonds. The Hall–Kier alpha value is -2.09. The van der Waals surface area contributed by atoms with E-state index in [-0.39, 0.29) is 11.4 Å². The zero-order chi connectivity index (χ0) is 16.4. The fourth-order valence-corrected chi connectivity index (χ4v) is 2.72. The molecule has 0 spiro atoms. The van der Waals surface area contributed by atoms with Crippen LogP contribution in [0.2, 0.25) is 0 Å². The first-order chi connectivity index (χ1) is 10.9. The summed E-state index contributed by atoms with van der Waals surface area (Å²) in [6.07, 6.45) is 1.26. The zero-order valence-electron chi connectivity index (χ0n) is 13.8. The van der Waals surface area contributed by atoms with E-state index >= 15 is 0 Å². The van der Waals surface area contributed by atoms with Gasteiger partial charge in [0, 0.05) is 26.2 Å². The molecule has 124 valence electrons. The number of anilines is 1. The predicted octanol–water partition coefficient (Wildman–Crippen LogP) is 1.28. The molecule has 2 aromatic rings. The fraction of sp³-hybridized carbons (Fsp3) is 0.600. The van der Waals surface area contributed by atoms with Gasteiger partial charge in [0.2, 0.25) is 0 Å². The van der Waals surface area contributed by atoms with Gasteiger partial charge in [0.05, 0.1) is 18.3 Å². The van der Waals surface area contributed by atoms with Crippen molar-refractivity contribution in [3.05, 3.63) is 30.0 Å². The molecule has 1 saturated heterocycles. The largest absolute Gasteiger partial charge is 0.354 e. The Labute approximate surface area is 135 Å². The third kappa shape index (κ3) is 3.64. The summed E-state index contributed by atoms with van der Waals surface area (Å²) < 4.78 is 14.8. The van der Waals surface area contributed by atoms with Crippen molar-refractivity contribution in [1.29, 1.82) is 0 Å². The normalized spacial score (nSPS) is 16.8. The molecule has 3 rings (SSSR count). The molecule has 23 heavy (non-hydrogen) atoms. The summed E-state index contributed by atoms with van der Waals surface area (Å²) in [5.74, 6) is 1.40. The van der Waals surface area contributed by atoms with Gasteiger partial charge < -0.3 is 4.90 Å². The van der Waals surface area contributed by atoms with E-state index in [1.54, 1.807) is 6.07 Å². The molecule has 0 radical (unpaired) electrons. The number of piperazine rings is 1. The first kappa shape index (κ1) is 15.8. The van der Waals surface area contributed by atoms with Gasteiger partial charge >= 0.3 is 0 Å². The van der Waals surface area contributed by atoms with Crippen molar-refractivity contribution in [3.63, 3.8) is 0 Å². The second kappa shape index (κ2) is 6.19. The van der Waals surface area contributed by atoms with Crippen LogP contribution in [0.3, 0.4) is 0 Å². The topological polar surface area (TPSA) is 63.0 Å². The Morgan fingerprint density at radius 1 is 1.13 bits per heavy atom. The summed E-state index contributed by atoms with van der Waals surface area (Å²) in [6.45, 7) is 10.5. The molecule has 1 aliphatic heterocycles. The van der Waals surface area contributed by atoms with Gasteiger partial charge in [-0.3, -0.25) is 4.90 Å². The number of hydrogen-bond donors (Lipinski definition) is 0. The first-order valence-electron chi connectivity index (χ1n) is 7.80. The van der Waals surface area contributed by atoms with E-state index in [1.807, 2.05) is 4.68 Å². The van der Waals surface area contributed by atoms with Crippen molar-refractivity contribution in [3.8, 4) is 0 Å². The number of hydrogen-bond acceptors (Lipinski definition) is 6. The molecule has 0 aliphatic carbocycles. The van der Waals surface area contributed by atoms with Gasteiger partial charge in [-0.1, -0.05) is 0 Å². The maximum Gasteiger partial charge on any atom is 0.165 e. The van der Waals surface area contributed by atoms with Crippen LogP contribution in [0.1, 0.15) is 26.6 Å². The predicted molar refractivity (Wildman–Crippen MR) is 84.5 cm³/mol.